The molecule has 0 aliphatic heterocycles. The van der Waals surface area contributed by atoms with Crippen LogP contribution in [0.4, 0.5) is 5.69 Å². The van der Waals surface area contributed by atoms with Gasteiger partial charge in [0.25, 0.3) is 5.91 Å². The minimum absolute atomic E-state index is 0. The van der Waals surface area contributed by atoms with Crippen LogP contribution in [0.2, 0.25) is 0 Å². The van der Waals surface area contributed by atoms with Crippen LogP contribution < -0.4 is 20.7 Å². The summed E-state index contributed by atoms with van der Waals surface area (Å²) in [4.78, 5) is 16.8. The summed E-state index contributed by atoms with van der Waals surface area (Å²) < 4.78 is 10.5. The topological polar surface area (TPSA) is 87.9 Å². The Bertz CT molecular complexity index is 1050. The fourth-order valence-electron chi connectivity index (χ4n) is 3.21. The number of nitrogens with one attached hydrogen (secondary N) is 3. The van der Waals surface area contributed by atoms with Crippen molar-refractivity contribution in [1.82, 2.24) is 10.6 Å². The van der Waals surface area contributed by atoms with E-state index in [1.807, 2.05) is 38.1 Å². The lowest BCUT2D eigenvalue weighted by molar-refractivity contribution is 0.0996. The summed E-state index contributed by atoms with van der Waals surface area (Å²) in [5, 5.41) is 9.48. The summed E-state index contributed by atoms with van der Waals surface area (Å²) in [7, 11) is 1.69. The Morgan fingerprint density at radius 2 is 1.91 bits per heavy atom. The van der Waals surface area contributed by atoms with Crippen LogP contribution in [0.5, 0.6) is 5.75 Å². The molecule has 3 rings (SSSR count). The number of nitrogens with zero attached hydrogens (tertiary/aromatic N) is 1. The molecule has 0 saturated heterocycles. The van der Waals surface area contributed by atoms with Crippen molar-refractivity contribution in [3.63, 3.8) is 0 Å². The van der Waals surface area contributed by atoms with Crippen LogP contribution in [0.25, 0.3) is 0 Å². The van der Waals surface area contributed by atoms with Crippen molar-refractivity contribution in [2.24, 2.45) is 4.99 Å². The smallest absolute Gasteiger partial charge is 0.291 e. The van der Waals surface area contributed by atoms with Crippen molar-refractivity contribution in [2.45, 2.75) is 26.8 Å². The number of hydrogen-bond donors (Lipinski definition) is 3. The molecule has 3 aromatic rings. The van der Waals surface area contributed by atoms with Gasteiger partial charge in [-0.25, -0.2) is 4.99 Å². The first-order chi connectivity index (χ1) is 15.6. The standard InChI is InChI=1S/C25H30N4O3.HI/c1-4-26-25(27-13-12-19-11-10-18(2)23(16-19)31-3)28-17-20-7-5-8-21(15-20)29-24(30)22-9-6-14-32-22;/h5-11,14-16H,4,12-13,17H2,1-3H3,(H,29,30)(H2,26,27,28);1H. The van der Waals surface area contributed by atoms with Crippen molar-refractivity contribution < 1.29 is 13.9 Å². The van der Waals surface area contributed by atoms with Gasteiger partial charge < -0.3 is 25.1 Å². The second-order valence-electron chi connectivity index (χ2n) is 7.31. The first kappa shape index (κ1) is 26.2. The molecule has 2 aromatic carbocycles. The van der Waals surface area contributed by atoms with E-state index in [0.717, 1.165) is 42.3 Å². The number of ether oxygens (including phenoxy) is 1. The highest BCUT2D eigenvalue weighted by Crippen LogP contribution is 2.19. The summed E-state index contributed by atoms with van der Waals surface area (Å²) in [6.07, 6.45) is 2.33. The fraction of sp³-hybridized carbons (Fsp3) is 0.280. The second kappa shape index (κ2) is 13.5. The molecule has 0 radical (unpaired) electrons. The van der Waals surface area contributed by atoms with Gasteiger partial charge in [0.15, 0.2) is 11.7 Å². The Morgan fingerprint density at radius 3 is 2.64 bits per heavy atom. The molecule has 1 aromatic heterocycles. The Kier molecular flexibility index (Phi) is 10.8. The van der Waals surface area contributed by atoms with Gasteiger partial charge in [-0.3, -0.25) is 4.79 Å². The number of methoxy groups -OCH3 is 1. The van der Waals surface area contributed by atoms with Crippen molar-refractivity contribution >= 4 is 41.5 Å². The number of benzene rings is 2. The van der Waals surface area contributed by atoms with Crippen LogP contribution in [0.1, 0.15) is 34.2 Å². The van der Waals surface area contributed by atoms with E-state index >= 15 is 0 Å². The monoisotopic (exact) mass is 562 g/mol. The highest BCUT2D eigenvalue weighted by molar-refractivity contribution is 14.0. The Morgan fingerprint density at radius 1 is 1.06 bits per heavy atom. The fourth-order valence-corrected chi connectivity index (χ4v) is 3.21. The number of carbonyl (C=O) groups is 1. The lowest BCUT2D eigenvalue weighted by atomic mass is 10.1. The first-order valence-corrected chi connectivity index (χ1v) is 10.7. The van der Waals surface area contributed by atoms with E-state index in [1.54, 1.807) is 19.2 Å². The molecular formula is C25H31IN4O3. The lowest BCUT2D eigenvalue weighted by Gasteiger charge is -2.12. The quantitative estimate of drug-likeness (QED) is 0.199. The molecule has 0 spiro atoms. The third-order valence-corrected chi connectivity index (χ3v) is 4.87. The third-order valence-electron chi connectivity index (χ3n) is 4.87. The van der Waals surface area contributed by atoms with E-state index in [0.29, 0.717) is 12.2 Å². The van der Waals surface area contributed by atoms with Gasteiger partial charge in [0.2, 0.25) is 0 Å². The molecule has 0 aliphatic carbocycles. The SMILES string of the molecule is CCNC(=NCc1cccc(NC(=O)c2ccco2)c1)NCCc1ccc(C)c(OC)c1.I. The molecule has 0 atom stereocenters. The number of furan rings is 1. The maximum absolute atomic E-state index is 12.2. The maximum atomic E-state index is 12.2. The molecule has 1 heterocycles. The minimum Gasteiger partial charge on any atom is -0.496 e. The highest BCUT2D eigenvalue weighted by atomic mass is 127. The van der Waals surface area contributed by atoms with Gasteiger partial charge in [0.05, 0.1) is 19.9 Å². The average Bonchev–Trinajstić information content (AvgIpc) is 3.34. The molecule has 7 nitrogen and oxygen atoms in total. The Hall–Kier alpha value is -3.01. The number of halogens is 1. The number of anilines is 1. The molecule has 0 saturated carbocycles. The number of amides is 1. The van der Waals surface area contributed by atoms with Crippen LogP contribution >= 0.6 is 24.0 Å². The predicted molar refractivity (Wildman–Crippen MR) is 143 cm³/mol. The summed E-state index contributed by atoms with van der Waals surface area (Å²) in [5.74, 6) is 1.65. The highest BCUT2D eigenvalue weighted by Gasteiger charge is 2.09. The van der Waals surface area contributed by atoms with Gasteiger partial charge in [-0.15, -0.1) is 24.0 Å². The largest absolute Gasteiger partial charge is 0.496 e. The van der Waals surface area contributed by atoms with Crippen molar-refractivity contribution in [2.75, 3.05) is 25.5 Å². The van der Waals surface area contributed by atoms with E-state index in [1.165, 1.54) is 11.8 Å². The molecule has 0 unspecified atom stereocenters. The van der Waals surface area contributed by atoms with Gasteiger partial charge in [0.1, 0.15) is 5.75 Å². The second-order valence-corrected chi connectivity index (χ2v) is 7.31. The molecule has 0 bridgehead atoms. The van der Waals surface area contributed by atoms with Crippen molar-refractivity contribution in [1.29, 1.82) is 0 Å². The van der Waals surface area contributed by atoms with Gasteiger partial charge in [-0.1, -0.05) is 24.3 Å². The zero-order valence-electron chi connectivity index (χ0n) is 19.2. The maximum Gasteiger partial charge on any atom is 0.291 e. The van der Waals surface area contributed by atoms with Crippen molar-refractivity contribution in [3.05, 3.63) is 83.3 Å². The first-order valence-electron chi connectivity index (χ1n) is 10.7. The molecule has 176 valence electrons. The number of carbonyl (C=O) groups excluding carboxylic acids is 1. The van der Waals surface area contributed by atoms with Gasteiger partial charge in [-0.2, -0.15) is 0 Å². The lowest BCUT2D eigenvalue weighted by Crippen LogP contribution is -2.38. The van der Waals surface area contributed by atoms with Crippen LogP contribution in [0, 0.1) is 6.92 Å². The van der Waals surface area contributed by atoms with Crippen LogP contribution in [0.3, 0.4) is 0 Å². The van der Waals surface area contributed by atoms with Gasteiger partial charge in [-0.05, 0) is 67.3 Å². The summed E-state index contributed by atoms with van der Waals surface area (Å²) in [5.41, 5.74) is 4.02. The third kappa shape index (κ3) is 8.12. The van der Waals surface area contributed by atoms with Crippen LogP contribution in [-0.4, -0.2) is 32.1 Å². The molecule has 0 aliphatic rings. The average molecular weight is 562 g/mol. The van der Waals surface area contributed by atoms with Crippen LogP contribution in [-0.2, 0) is 13.0 Å². The van der Waals surface area contributed by atoms with Crippen LogP contribution in [0.15, 0.2) is 70.3 Å². The zero-order chi connectivity index (χ0) is 22.8. The molecule has 33 heavy (non-hydrogen) atoms. The predicted octanol–water partition coefficient (Wildman–Crippen LogP) is 4.76. The molecule has 3 N–H and O–H groups in total. The Labute approximate surface area is 212 Å². The molecule has 8 heteroatoms. The van der Waals surface area contributed by atoms with E-state index in [2.05, 4.69) is 39.1 Å². The zero-order valence-corrected chi connectivity index (χ0v) is 21.5. The van der Waals surface area contributed by atoms with E-state index < -0.39 is 0 Å². The Balaban J connectivity index is 0.00000385. The molecular weight excluding hydrogens is 531 g/mol. The summed E-state index contributed by atoms with van der Waals surface area (Å²) in [6, 6.07) is 17.2. The van der Waals surface area contributed by atoms with Gasteiger partial charge >= 0.3 is 0 Å². The van der Waals surface area contributed by atoms with Gasteiger partial charge in [0, 0.05) is 18.8 Å². The summed E-state index contributed by atoms with van der Waals surface area (Å²) in [6.45, 7) is 6.07. The van der Waals surface area contributed by atoms with E-state index in [-0.39, 0.29) is 35.6 Å². The molecule has 0 fully saturated rings. The normalized spacial score (nSPS) is 10.8. The summed E-state index contributed by atoms with van der Waals surface area (Å²) >= 11 is 0. The molecule has 1 amide bonds. The van der Waals surface area contributed by atoms with E-state index in [9.17, 15) is 4.79 Å². The van der Waals surface area contributed by atoms with E-state index in [4.69, 9.17) is 9.15 Å². The number of aryl methyl sites for hydroxylation is 1. The number of hydrogen-bond acceptors (Lipinski definition) is 4. The minimum atomic E-state index is -0.279. The number of aliphatic imine (C=N–C) groups is 1. The number of guanidine groups is 1. The van der Waals surface area contributed by atoms with Crippen molar-refractivity contribution in [3.8, 4) is 5.75 Å². The number of rotatable bonds is 9.